The van der Waals surface area contributed by atoms with Crippen molar-refractivity contribution in [2.75, 3.05) is 16.0 Å². The minimum Gasteiger partial charge on any atom is -0.459 e. The van der Waals surface area contributed by atoms with Crippen LogP contribution < -0.4 is 16.0 Å². The maximum Gasteiger partial charge on any atom is 0.291 e. The molecule has 0 saturated heterocycles. The minimum atomic E-state index is -0.377. The molecule has 3 rings (SSSR count). The van der Waals surface area contributed by atoms with Crippen molar-refractivity contribution in [3.63, 3.8) is 0 Å². The number of thiophene rings is 1. The zero-order valence-electron chi connectivity index (χ0n) is 15.3. The first-order valence-corrected chi connectivity index (χ1v) is 9.41. The van der Waals surface area contributed by atoms with Crippen molar-refractivity contribution in [3.8, 4) is 0 Å². The Balaban J connectivity index is 1.58. The van der Waals surface area contributed by atoms with Gasteiger partial charge in [-0.15, -0.1) is 11.3 Å². The van der Waals surface area contributed by atoms with E-state index in [1.807, 2.05) is 13.8 Å². The molecule has 0 saturated carbocycles. The van der Waals surface area contributed by atoms with E-state index in [0.29, 0.717) is 21.3 Å². The van der Waals surface area contributed by atoms with Gasteiger partial charge in [-0.1, -0.05) is 13.8 Å². The predicted octanol–water partition coefficient (Wildman–Crippen LogP) is 4.44. The van der Waals surface area contributed by atoms with Gasteiger partial charge in [0, 0.05) is 17.3 Å². The molecule has 3 amide bonds. The van der Waals surface area contributed by atoms with E-state index in [9.17, 15) is 14.4 Å². The van der Waals surface area contributed by atoms with Gasteiger partial charge in [-0.05, 0) is 48.5 Å². The summed E-state index contributed by atoms with van der Waals surface area (Å²) in [4.78, 5) is 36.5. The van der Waals surface area contributed by atoms with E-state index in [4.69, 9.17) is 4.42 Å². The Hall–Kier alpha value is -3.39. The Morgan fingerprint density at radius 1 is 0.857 bits per heavy atom. The van der Waals surface area contributed by atoms with Crippen LogP contribution in [-0.4, -0.2) is 17.7 Å². The summed E-state index contributed by atoms with van der Waals surface area (Å²) in [6.07, 6.45) is 1.42. The average molecular weight is 397 g/mol. The Kier molecular flexibility index (Phi) is 5.90. The van der Waals surface area contributed by atoms with Gasteiger partial charge in [0.25, 0.3) is 11.8 Å². The van der Waals surface area contributed by atoms with E-state index in [2.05, 4.69) is 16.0 Å². The zero-order valence-corrected chi connectivity index (χ0v) is 16.1. The van der Waals surface area contributed by atoms with E-state index in [-0.39, 0.29) is 29.4 Å². The number of carbonyl (C=O) groups is 3. The summed E-state index contributed by atoms with van der Waals surface area (Å²) in [6.45, 7) is 3.63. The molecule has 0 atom stereocenters. The lowest BCUT2D eigenvalue weighted by Crippen LogP contribution is -2.17. The second-order valence-electron chi connectivity index (χ2n) is 6.27. The highest BCUT2D eigenvalue weighted by Gasteiger charge is 2.14. The fourth-order valence-electron chi connectivity index (χ4n) is 2.22. The molecule has 8 heteroatoms. The maximum absolute atomic E-state index is 12.4. The van der Waals surface area contributed by atoms with Crippen molar-refractivity contribution in [3.05, 3.63) is 65.4 Å². The van der Waals surface area contributed by atoms with Crippen molar-refractivity contribution in [1.29, 1.82) is 0 Å². The van der Waals surface area contributed by atoms with Gasteiger partial charge in [-0.25, -0.2) is 0 Å². The first-order chi connectivity index (χ1) is 13.4. The van der Waals surface area contributed by atoms with Crippen LogP contribution in [0.2, 0.25) is 0 Å². The molecule has 3 N–H and O–H groups in total. The van der Waals surface area contributed by atoms with Crippen LogP contribution in [0.5, 0.6) is 0 Å². The van der Waals surface area contributed by atoms with Gasteiger partial charge in [0.15, 0.2) is 5.76 Å². The fourth-order valence-corrected chi connectivity index (χ4v) is 3.02. The van der Waals surface area contributed by atoms with Crippen molar-refractivity contribution in [2.24, 2.45) is 5.92 Å². The van der Waals surface area contributed by atoms with E-state index in [1.165, 1.54) is 6.26 Å². The summed E-state index contributed by atoms with van der Waals surface area (Å²) in [5.41, 5.74) is 1.26. The molecule has 3 aromatic rings. The van der Waals surface area contributed by atoms with Gasteiger partial charge < -0.3 is 20.4 Å². The first kappa shape index (κ1) is 19.4. The summed E-state index contributed by atoms with van der Waals surface area (Å²) in [6, 6.07) is 13.3. The Morgan fingerprint density at radius 3 is 2.14 bits per heavy atom. The van der Waals surface area contributed by atoms with Crippen LogP contribution in [0.1, 0.15) is 34.1 Å². The Morgan fingerprint density at radius 2 is 1.54 bits per heavy atom. The fraction of sp³-hybridized carbons (Fsp3) is 0.150. The van der Waals surface area contributed by atoms with Crippen molar-refractivity contribution in [1.82, 2.24) is 0 Å². The summed E-state index contributed by atoms with van der Waals surface area (Å²) in [5, 5.41) is 8.80. The van der Waals surface area contributed by atoms with Gasteiger partial charge in [0.2, 0.25) is 5.91 Å². The van der Waals surface area contributed by atoms with Crippen LogP contribution in [0.25, 0.3) is 0 Å². The summed E-state index contributed by atoms with van der Waals surface area (Å²) in [5.74, 6) is -0.649. The second kappa shape index (κ2) is 8.53. The van der Waals surface area contributed by atoms with Crippen LogP contribution in [-0.2, 0) is 4.79 Å². The maximum atomic E-state index is 12.4. The number of nitrogens with one attached hydrogen (secondary N) is 3. The lowest BCUT2D eigenvalue weighted by molar-refractivity contribution is -0.118. The SMILES string of the molecule is CC(C)C(=O)Nc1ccc(NC(=O)c2ccc(NC(=O)c3ccco3)s2)cc1. The third kappa shape index (κ3) is 4.86. The van der Waals surface area contributed by atoms with Gasteiger partial charge in [0.05, 0.1) is 16.1 Å². The number of rotatable bonds is 6. The molecule has 0 spiro atoms. The second-order valence-corrected chi connectivity index (χ2v) is 7.35. The average Bonchev–Trinajstić information content (AvgIpc) is 3.35. The van der Waals surface area contributed by atoms with Crippen LogP contribution in [0.4, 0.5) is 16.4 Å². The minimum absolute atomic E-state index is 0.0699. The summed E-state index contributed by atoms with van der Waals surface area (Å²) < 4.78 is 5.03. The van der Waals surface area contributed by atoms with E-state index >= 15 is 0 Å². The van der Waals surface area contributed by atoms with Crippen LogP contribution >= 0.6 is 11.3 Å². The molecule has 0 radical (unpaired) electrons. The van der Waals surface area contributed by atoms with E-state index in [1.54, 1.807) is 48.5 Å². The third-order valence-electron chi connectivity index (χ3n) is 3.75. The summed E-state index contributed by atoms with van der Waals surface area (Å²) in [7, 11) is 0. The van der Waals surface area contributed by atoms with Crippen molar-refractivity contribution in [2.45, 2.75) is 13.8 Å². The van der Waals surface area contributed by atoms with Gasteiger partial charge in [-0.2, -0.15) is 0 Å². The predicted molar refractivity (Wildman–Crippen MR) is 109 cm³/mol. The van der Waals surface area contributed by atoms with Crippen LogP contribution in [0.15, 0.2) is 59.2 Å². The molecule has 0 fully saturated rings. The largest absolute Gasteiger partial charge is 0.459 e. The standard InChI is InChI=1S/C20H19N3O4S/c1-12(2)18(24)21-13-5-7-14(8-6-13)22-20(26)16-9-10-17(28-16)23-19(25)15-4-3-11-27-15/h3-12H,1-2H3,(H,21,24)(H,22,26)(H,23,25). The molecule has 0 aliphatic heterocycles. The monoisotopic (exact) mass is 397 g/mol. The molecule has 144 valence electrons. The van der Waals surface area contributed by atoms with Gasteiger partial charge >= 0.3 is 0 Å². The van der Waals surface area contributed by atoms with E-state index in [0.717, 1.165) is 11.3 Å². The first-order valence-electron chi connectivity index (χ1n) is 8.59. The molecule has 28 heavy (non-hydrogen) atoms. The number of anilines is 3. The molecule has 2 aromatic heterocycles. The zero-order chi connectivity index (χ0) is 20.1. The Bertz CT molecular complexity index is 975. The van der Waals surface area contributed by atoms with E-state index < -0.39 is 0 Å². The molecule has 0 aliphatic rings. The normalized spacial score (nSPS) is 10.5. The number of furan rings is 1. The third-order valence-corrected chi connectivity index (χ3v) is 4.75. The highest BCUT2D eigenvalue weighted by Crippen LogP contribution is 2.24. The topological polar surface area (TPSA) is 100 Å². The molecular formula is C20H19N3O4S. The molecule has 7 nitrogen and oxygen atoms in total. The molecule has 2 heterocycles. The van der Waals surface area contributed by atoms with Crippen molar-refractivity contribution >= 4 is 45.4 Å². The molecule has 0 bridgehead atoms. The number of benzene rings is 1. The van der Waals surface area contributed by atoms with Crippen LogP contribution in [0, 0.1) is 5.92 Å². The summed E-state index contributed by atoms with van der Waals surface area (Å²) >= 11 is 1.16. The highest BCUT2D eigenvalue weighted by molar-refractivity contribution is 7.18. The number of hydrogen-bond donors (Lipinski definition) is 3. The molecule has 0 unspecified atom stereocenters. The molecular weight excluding hydrogens is 378 g/mol. The quantitative estimate of drug-likeness (QED) is 0.572. The number of hydrogen-bond acceptors (Lipinski definition) is 5. The Labute approximate surface area is 165 Å². The lowest BCUT2D eigenvalue weighted by Gasteiger charge is -2.09. The highest BCUT2D eigenvalue weighted by atomic mass is 32.1. The number of amides is 3. The van der Waals surface area contributed by atoms with Crippen molar-refractivity contribution < 1.29 is 18.8 Å². The van der Waals surface area contributed by atoms with Crippen LogP contribution in [0.3, 0.4) is 0 Å². The number of carbonyl (C=O) groups excluding carboxylic acids is 3. The van der Waals surface area contributed by atoms with Gasteiger partial charge in [0.1, 0.15) is 0 Å². The molecule has 0 aliphatic carbocycles. The molecule has 1 aromatic carbocycles. The lowest BCUT2D eigenvalue weighted by atomic mass is 10.2. The van der Waals surface area contributed by atoms with Gasteiger partial charge in [-0.3, -0.25) is 14.4 Å². The smallest absolute Gasteiger partial charge is 0.291 e.